The van der Waals surface area contributed by atoms with Crippen LogP contribution in [0.15, 0.2) is 30.3 Å². The lowest BCUT2D eigenvalue weighted by atomic mass is 9.85. The van der Waals surface area contributed by atoms with Crippen molar-refractivity contribution in [1.29, 1.82) is 0 Å². The van der Waals surface area contributed by atoms with Gasteiger partial charge in [0.05, 0.1) is 19.8 Å². The molecule has 2 aromatic rings. The van der Waals surface area contributed by atoms with Crippen LogP contribution < -0.4 is 9.47 Å². The highest BCUT2D eigenvalue weighted by Crippen LogP contribution is 2.52. The smallest absolute Gasteiger partial charge is 0.207 e. The molecule has 2 aromatic carbocycles. The van der Waals surface area contributed by atoms with Crippen LogP contribution >= 0.6 is 0 Å². The minimum absolute atomic E-state index is 0.0111. The van der Waals surface area contributed by atoms with Crippen molar-refractivity contribution in [1.82, 2.24) is 4.90 Å². The van der Waals surface area contributed by atoms with Crippen molar-refractivity contribution in [3.63, 3.8) is 0 Å². The molecule has 4 rings (SSSR count). The lowest BCUT2D eigenvalue weighted by Gasteiger charge is -2.32. The number of ketones is 1. The van der Waals surface area contributed by atoms with E-state index in [9.17, 15) is 15.0 Å². The van der Waals surface area contributed by atoms with Gasteiger partial charge in [-0.1, -0.05) is 30.3 Å². The Morgan fingerprint density at radius 1 is 1.00 bits per heavy atom. The van der Waals surface area contributed by atoms with Crippen molar-refractivity contribution in [2.75, 3.05) is 27.3 Å². The van der Waals surface area contributed by atoms with Gasteiger partial charge in [0.1, 0.15) is 0 Å². The lowest BCUT2D eigenvalue weighted by Crippen LogP contribution is -2.34. The lowest BCUT2D eigenvalue weighted by molar-refractivity contribution is 0.0893. The number of Topliss-reactive ketones (excluding diaryl/α,β-unsaturated/α-hetero) is 1. The second-order valence-corrected chi connectivity index (χ2v) is 8.32. The highest BCUT2D eigenvalue weighted by atomic mass is 16.5. The number of phenolic OH excluding ortho intramolecular Hbond substituents is 2. The van der Waals surface area contributed by atoms with Gasteiger partial charge in [-0.25, -0.2) is 0 Å². The number of rotatable bonds is 6. The van der Waals surface area contributed by atoms with E-state index >= 15 is 0 Å². The number of carbonyl (C=O) groups excluding carboxylic acids is 1. The van der Waals surface area contributed by atoms with Gasteiger partial charge in [-0.3, -0.25) is 9.69 Å². The van der Waals surface area contributed by atoms with E-state index < -0.39 is 0 Å². The Kier molecular flexibility index (Phi) is 5.86. The second kappa shape index (κ2) is 8.56. The number of hydrogen-bond donors (Lipinski definition) is 2. The molecule has 2 aliphatic rings. The highest BCUT2D eigenvalue weighted by Gasteiger charge is 2.40. The first-order chi connectivity index (χ1) is 14.5. The summed E-state index contributed by atoms with van der Waals surface area (Å²) in [7, 11) is 2.78. The van der Waals surface area contributed by atoms with Gasteiger partial charge < -0.3 is 19.7 Å². The van der Waals surface area contributed by atoms with Gasteiger partial charge in [0, 0.05) is 18.0 Å². The zero-order valence-electron chi connectivity index (χ0n) is 17.6. The van der Waals surface area contributed by atoms with Gasteiger partial charge in [0.15, 0.2) is 17.3 Å². The van der Waals surface area contributed by atoms with Crippen LogP contribution in [0.2, 0.25) is 0 Å². The number of nitrogens with zero attached hydrogens (tertiary/aromatic N) is 1. The van der Waals surface area contributed by atoms with E-state index in [0.717, 1.165) is 38.9 Å². The fraction of sp³-hybridized carbons (Fsp3) is 0.458. The van der Waals surface area contributed by atoms with Crippen LogP contribution in [0.5, 0.6) is 23.0 Å². The van der Waals surface area contributed by atoms with Crippen molar-refractivity contribution in [3.8, 4) is 23.0 Å². The van der Waals surface area contributed by atoms with E-state index in [-0.39, 0.29) is 40.3 Å². The molecule has 1 unspecified atom stereocenters. The summed E-state index contributed by atoms with van der Waals surface area (Å²) >= 11 is 0. The molecule has 6 nitrogen and oxygen atoms in total. The summed E-state index contributed by atoms with van der Waals surface area (Å²) < 4.78 is 10.4. The molecule has 0 aromatic heterocycles. The standard InChI is InChI=1S/C24H29NO5/c1-29-23-21(27)18-13-17(20(26)19(18)22(28)24(23)30-2)12-15-8-10-25(11-9-15)14-16-6-4-3-5-7-16/h3-7,15,17,27-28H,8-14H2,1-2H3. The molecule has 1 aliphatic heterocycles. The number of methoxy groups -OCH3 is 2. The molecule has 1 fully saturated rings. The van der Waals surface area contributed by atoms with Crippen LogP contribution in [0, 0.1) is 11.8 Å². The number of ether oxygens (including phenoxy) is 2. The first-order valence-electron chi connectivity index (χ1n) is 10.5. The van der Waals surface area contributed by atoms with Crippen LogP contribution in [-0.2, 0) is 13.0 Å². The quantitative estimate of drug-likeness (QED) is 0.705. The van der Waals surface area contributed by atoms with Crippen molar-refractivity contribution in [2.24, 2.45) is 11.8 Å². The number of fused-ring (bicyclic) bond motifs is 1. The fourth-order valence-corrected chi connectivity index (χ4v) is 4.93. The monoisotopic (exact) mass is 411 g/mol. The van der Waals surface area contributed by atoms with Crippen LogP contribution in [0.3, 0.4) is 0 Å². The number of phenols is 2. The van der Waals surface area contributed by atoms with Crippen LogP contribution in [0.4, 0.5) is 0 Å². The summed E-state index contributed by atoms with van der Waals surface area (Å²) in [6.07, 6.45) is 3.31. The maximum atomic E-state index is 13.0. The summed E-state index contributed by atoms with van der Waals surface area (Å²) in [5.74, 6) is -0.102. The maximum Gasteiger partial charge on any atom is 0.207 e. The highest BCUT2D eigenvalue weighted by molar-refractivity contribution is 6.06. The molecule has 0 bridgehead atoms. The van der Waals surface area contributed by atoms with Gasteiger partial charge >= 0.3 is 0 Å². The van der Waals surface area contributed by atoms with E-state index in [1.807, 2.05) is 6.07 Å². The zero-order chi connectivity index (χ0) is 21.3. The largest absolute Gasteiger partial charge is 0.504 e. The SMILES string of the molecule is COc1c(O)c2c(c(O)c1OC)C(=O)C(CC1CCN(Cc3ccccc3)CC1)C2. The molecule has 2 N–H and O–H groups in total. The van der Waals surface area contributed by atoms with Gasteiger partial charge in [-0.05, 0) is 50.3 Å². The molecule has 1 saturated heterocycles. The van der Waals surface area contributed by atoms with Gasteiger partial charge in [0.2, 0.25) is 11.5 Å². The molecule has 30 heavy (non-hydrogen) atoms. The second-order valence-electron chi connectivity index (χ2n) is 8.32. The molecule has 0 saturated carbocycles. The van der Waals surface area contributed by atoms with E-state index in [2.05, 4.69) is 29.2 Å². The summed E-state index contributed by atoms with van der Waals surface area (Å²) in [6.45, 7) is 3.00. The molecule has 0 spiro atoms. The van der Waals surface area contributed by atoms with Crippen LogP contribution in [0.25, 0.3) is 0 Å². The summed E-state index contributed by atoms with van der Waals surface area (Å²) in [4.78, 5) is 15.5. The number of carbonyl (C=O) groups is 1. The Balaban J connectivity index is 1.41. The van der Waals surface area contributed by atoms with E-state index in [1.54, 1.807) is 0 Å². The van der Waals surface area contributed by atoms with Crippen molar-refractivity contribution < 1.29 is 24.5 Å². The molecule has 1 aliphatic carbocycles. The maximum absolute atomic E-state index is 13.0. The molecular weight excluding hydrogens is 382 g/mol. The fourth-order valence-electron chi connectivity index (χ4n) is 4.93. The number of piperidine rings is 1. The Labute approximate surface area is 177 Å². The van der Waals surface area contributed by atoms with Gasteiger partial charge in [-0.15, -0.1) is 0 Å². The minimum Gasteiger partial charge on any atom is -0.504 e. The average Bonchev–Trinajstić information content (AvgIpc) is 3.09. The third kappa shape index (κ3) is 3.72. The normalized spacial score (nSPS) is 19.7. The van der Waals surface area contributed by atoms with Crippen molar-refractivity contribution >= 4 is 5.78 Å². The molecular formula is C24H29NO5. The Morgan fingerprint density at radius 2 is 1.63 bits per heavy atom. The third-order valence-electron chi connectivity index (χ3n) is 6.51. The first-order valence-corrected chi connectivity index (χ1v) is 10.5. The third-order valence-corrected chi connectivity index (χ3v) is 6.51. The van der Waals surface area contributed by atoms with Crippen LogP contribution in [-0.4, -0.2) is 48.2 Å². The number of hydrogen-bond acceptors (Lipinski definition) is 6. The summed E-state index contributed by atoms with van der Waals surface area (Å²) in [5, 5.41) is 21.2. The van der Waals surface area contributed by atoms with E-state index in [0.29, 0.717) is 17.9 Å². The van der Waals surface area contributed by atoms with Gasteiger partial charge in [0.25, 0.3) is 0 Å². The molecule has 0 amide bonds. The van der Waals surface area contributed by atoms with E-state index in [4.69, 9.17) is 9.47 Å². The Hall–Kier alpha value is -2.73. The van der Waals surface area contributed by atoms with Crippen LogP contribution in [0.1, 0.15) is 40.7 Å². The molecule has 6 heteroatoms. The zero-order valence-corrected chi connectivity index (χ0v) is 17.6. The number of aromatic hydroxyl groups is 2. The molecule has 160 valence electrons. The first kappa shape index (κ1) is 20.5. The summed E-state index contributed by atoms with van der Waals surface area (Å²) in [5.41, 5.74) is 1.99. The Morgan fingerprint density at radius 3 is 2.27 bits per heavy atom. The number of likely N-dealkylation sites (tertiary alicyclic amines) is 1. The van der Waals surface area contributed by atoms with Gasteiger partial charge in [-0.2, -0.15) is 0 Å². The van der Waals surface area contributed by atoms with Crippen molar-refractivity contribution in [2.45, 2.75) is 32.2 Å². The predicted octanol–water partition coefficient (Wildman–Crippen LogP) is 3.77. The molecule has 1 atom stereocenters. The predicted molar refractivity (Wildman–Crippen MR) is 113 cm³/mol. The van der Waals surface area contributed by atoms with E-state index in [1.165, 1.54) is 19.8 Å². The molecule has 0 radical (unpaired) electrons. The topological polar surface area (TPSA) is 79.2 Å². The number of benzene rings is 2. The van der Waals surface area contributed by atoms with Crippen molar-refractivity contribution in [3.05, 3.63) is 47.0 Å². The Bertz CT molecular complexity index is 919. The molecule has 1 heterocycles. The average molecular weight is 411 g/mol. The summed E-state index contributed by atoms with van der Waals surface area (Å²) in [6, 6.07) is 10.5. The minimum atomic E-state index is -0.229.